The van der Waals surface area contributed by atoms with Crippen molar-refractivity contribution in [2.24, 2.45) is 0 Å². The van der Waals surface area contributed by atoms with Crippen molar-refractivity contribution < 1.29 is 24.0 Å². The lowest BCUT2D eigenvalue weighted by Crippen LogP contribution is -2.70. The molecule has 0 saturated heterocycles. The molecule has 3 N–H and O–H groups in total. The number of fused-ring (bicyclic) bond motifs is 3. The predicted octanol–water partition coefficient (Wildman–Crippen LogP) is 2.38. The summed E-state index contributed by atoms with van der Waals surface area (Å²) in [5.41, 5.74) is -0.577. The van der Waals surface area contributed by atoms with Gasteiger partial charge in [0.1, 0.15) is 5.75 Å². The minimum Gasteiger partial charge on any atom is -0.484 e. The first-order valence-corrected chi connectivity index (χ1v) is 10.3. The Balaban J connectivity index is 1.34. The summed E-state index contributed by atoms with van der Waals surface area (Å²) in [4.78, 5) is 25.0. The van der Waals surface area contributed by atoms with E-state index in [-0.39, 0.29) is 24.2 Å². The maximum Gasteiger partial charge on any atom is 0.290 e. The summed E-state index contributed by atoms with van der Waals surface area (Å²) in [6, 6.07) is 8.34. The number of ether oxygens (including phenoxy) is 1. The highest BCUT2D eigenvalue weighted by atomic mass is 35.5. The lowest BCUT2D eigenvalue weighted by Gasteiger charge is -2.56. The highest BCUT2D eigenvalue weighted by Crippen LogP contribution is 2.47. The molecule has 3 aliphatic carbocycles. The van der Waals surface area contributed by atoms with Crippen LogP contribution in [0.1, 0.15) is 48.4 Å². The number of aryl methyl sites for hydroxylation is 1. The summed E-state index contributed by atoms with van der Waals surface area (Å²) in [6.45, 7) is 1.60. The number of nitrogens with zero attached hydrogens (tertiary/aromatic N) is 1. The van der Waals surface area contributed by atoms with Gasteiger partial charge in [-0.25, -0.2) is 0 Å². The molecule has 2 bridgehead atoms. The van der Waals surface area contributed by atoms with Crippen molar-refractivity contribution in [1.82, 2.24) is 15.8 Å². The third-order valence-electron chi connectivity index (χ3n) is 6.12. The average molecular weight is 434 g/mol. The fourth-order valence-electron chi connectivity index (χ4n) is 4.43. The Kier molecular flexibility index (Phi) is 5.46. The molecule has 160 valence electrons. The topological polar surface area (TPSA) is 114 Å². The van der Waals surface area contributed by atoms with Crippen LogP contribution in [0.3, 0.4) is 0 Å². The highest BCUT2D eigenvalue weighted by molar-refractivity contribution is 6.30. The number of hydrogen-bond donors (Lipinski definition) is 3. The quantitative estimate of drug-likeness (QED) is 0.644. The standard InChI is InChI=1S/C21H24ClN3O5/c1-13-10-16(30-25-13)19(28)24-20-6-8-21(9-7-20,17(26)11-20)23-18(27)12-29-15-4-2-14(22)3-5-15/h2-5,10,17,26H,6-9,11-12H2,1H3,(H,23,27)(H,24,28)/t17-,20?,21?/m0/s1. The number of aliphatic hydroxyl groups is 1. The van der Waals surface area contributed by atoms with E-state index in [1.807, 2.05) is 0 Å². The summed E-state index contributed by atoms with van der Waals surface area (Å²) < 4.78 is 10.5. The van der Waals surface area contributed by atoms with E-state index in [4.69, 9.17) is 20.9 Å². The Morgan fingerprint density at radius 3 is 2.53 bits per heavy atom. The van der Waals surface area contributed by atoms with Crippen molar-refractivity contribution in [2.45, 2.75) is 56.2 Å². The number of aliphatic hydroxyl groups excluding tert-OH is 1. The Bertz CT molecular complexity index is 934. The van der Waals surface area contributed by atoms with Gasteiger partial charge in [0.05, 0.1) is 17.3 Å². The lowest BCUT2D eigenvalue weighted by molar-refractivity contribution is -0.132. The van der Waals surface area contributed by atoms with Crippen LogP contribution in [0.15, 0.2) is 34.9 Å². The van der Waals surface area contributed by atoms with E-state index >= 15 is 0 Å². The van der Waals surface area contributed by atoms with Gasteiger partial charge in [-0.1, -0.05) is 16.8 Å². The van der Waals surface area contributed by atoms with Crippen molar-refractivity contribution in [2.75, 3.05) is 6.61 Å². The zero-order valence-electron chi connectivity index (χ0n) is 16.6. The van der Waals surface area contributed by atoms with Gasteiger partial charge >= 0.3 is 0 Å². The number of rotatable bonds is 6. The molecule has 2 aromatic rings. The van der Waals surface area contributed by atoms with Crippen LogP contribution in [0.4, 0.5) is 0 Å². The van der Waals surface area contributed by atoms with Crippen LogP contribution >= 0.6 is 11.6 Å². The number of aromatic nitrogens is 1. The van der Waals surface area contributed by atoms with Crippen LogP contribution in [-0.2, 0) is 4.79 Å². The number of benzene rings is 1. The van der Waals surface area contributed by atoms with Crippen molar-refractivity contribution in [3.63, 3.8) is 0 Å². The second kappa shape index (κ2) is 7.92. The summed E-state index contributed by atoms with van der Waals surface area (Å²) in [7, 11) is 0. The smallest absolute Gasteiger partial charge is 0.290 e. The fraction of sp³-hybridized carbons (Fsp3) is 0.476. The third kappa shape index (κ3) is 4.15. The van der Waals surface area contributed by atoms with Gasteiger partial charge in [0.25, 0.3) is 11.8 Å². The molecule has 0 unspecified atom stereocenters. The highest BCUT2D eigenvalue weighted by Gasteiger charge is 2.55. The van der Waals surface area contributed by atoms with Gasteiger partial charge in [-0.15, -0.1) is 0 Å². The molecule has 1 aromatic heterocycles. The predicted molar refractivity (Wildman–Crippen MR) is 108 cm³/mol. The normalized spacial score (nSPS) is 27.5. The molecule has 1 atom stereocenters. The van der Waals surface area contributed by atoms with Crippen molar-refractivity contribution >= 4 is 23.4 Å². The lowest BCUT2D eigenvalue weighted by atomic mass is 9.60. The minimum absolute atomic E-state index is 0.150. The van der Waals surface area contributed by atoms with E-state index in [2.05, 4.69) is 15.8 Å². The van der Waals surface area contributed by atoms with Crippen LogP contribution in [0, 0.1) is 6.92 Å². The van der Waals surface area contributed by atoms with Gasteiger partial charge in [0, 0.05) is 16.6 Å². The van der Waals surface area contributed by atoms with Gasteiger partial charge in [0.15, 0.2) is 6.61 Å². The van der Waals surface area contributed by atoms with Crippen LogP contribution in [0.5, 0.6) is 5.75 Å². The number of amides is 2. The average Bonchev–Trinajstić information content (AvgIpc) is 3.15. The van der Waals surface area contributed by atoms with Gasteiger partial charge in [-0.2, -0.15) is 0 Å². The van der Waals surface area contributed by atoms with Crippen LogP contribution in [0.25, 0.3) is 0 Å². The molecule has 2 amide bonds. The molecule has 3 fully saturated rings. The maximum atomic E-state index is 12.5. The van der Waals surface area contributed by atoms with Gasteiger partial charge in [-0.3, -0.25) is 9.59 Å². The monoisotopic (exact) mass is 433 g/mol. The number of carbonyl (C=O) groups excluding carboxylic acids is 2. The molecule has 1 heterocycles. The first-order valence-electron chi connectivity index (χ1n) is 9.93. The third-order valence-corrected chi connectivity index (χ3v) is 6.38. The summed E-state index contributed by atoms with van der Waals surface area (Å²) in [5.74, 6) is 0.0767. The number of carbonyl (C=O) groups is 2. The minimum atomic E-state index is -0.767. The largest absolute Gasteiger partial charge is 0.484 e. The SMILES string of the molecule is Cc1cc(C(=O)NC23CCC(NC(=O)COc4ccc(Cl)cc4)(CC2)[C@@H](O)C3)on1. The molecule has 5 rings (SSSR count). The molecule has 3 saturated carbocycles. The number of halogens is 1. The summed E-state index contributed by atoms with van der Waals surface area (Å²) in [5, 5.41) is 21.1. The first-order chi connectivity index (χ1) is 14.3. The number of nitrogens with one attached hydrogen (secondary N) is 2. The van der Waals surface area contributed by atoms with Crippen molar-refractivity contribution in [1.29, 1.82) is 0 Å². The zero-order chi connectivity index (χ0) is 21.4. The molecule has 30 heavy (non-hydrogen) atoms. The Hall–Kier alpha value is -2.58. The van der Waals surface area contributed by atoms with Crippen LogP contribution < -0.4 is 15.4 Å². The van der Waals surface area contributed by atoms with Gasteiger partial charge in [-0.05, 0) is 63.3 Å². The van der Waals surface area contributed by atoms with Crippen molar-refractivity contribution in [3.8, 4) is 5.75 Å². The molecule has 0 spiro atoms. The molecule has 0 radical (unpaired) electrons. The second-order valence-corrected chi connectivity index (χ2v) is 8.67. The van der Waals surface area contributed by atoms with E-state index in [1.165, 1.54) is 0 Å². The molecule has 0 aliphatic heterocycles. The second-order valence-electron chi connectivity index (χ2n) is 8.23. The summed E-state index contributed by atoms with van der Waals surface area (Å²) >= 11 is 5.84. The Morgan fingerprint density at radius 1 is 1.23 bits per heavy atom. The van der Waals surface area contributed by atoms with E-state index in [9.17, 15) is 14.7 Å². The van der Waals surface area contributed by atoms with E-state index in [1.54, 1.807) is 37.3 Å². The zero-order valence-corrected chi connectivity index (χ0v) is 17.4. The van der Waals surface area contributed by atoms with Gasteiger partial charge < -0.3 is 25.0 Å². The van der Waals surface area contributed by atoms with E-state index in [0.717, 1.165) is 0 Å². The number of hydrogen-bond acceptors (Lipinski definition) is 6. The van der Waals surface area contributed by atoms with Crippen LogP contribution in [0.2, 0.25) is 5.02 Å². The Morgan fingerprint density at radius 2 is 1.93 bits per heavy atom. The molecular formula is C21H24ClN3O5. The molecule has 3 aliphatic rings. The van der Waals surface area contributed by atoms with E-state index < -0.39 is 17.2 Å². The van der Waals surface area contributed by atoms with E-state index in [0.29, 0.717) is 48.6 Å². The molecule has 8 nitrogen and oxygen atoms in total. The molecule has 1 aromatic carbocycles. The molecular weight excluding hydrogens is 410 g/mol. The summed E-state index contributed by atoms with van der Waals surface area (Å²) in [6.07, 6.45) is 2.04. The van der Waals surface area contributed by atoms with Crippen molar-refractivity contribution in [3.05, 3.63) is 46.8 Å². The Labute approximate surface area is 178 Å². The van der Waals surface area contributed by atoms with Crippen LogP contribution in [-0.4, -0.2) is 45.9 Å². The first kappa shape index (κ1) is 20.7. The van der Waals surface area contributed by atoms with Gasteiger partial charge in [0.2, 0.25) is 5.76 Å². The fourth-order valence-corrected chi connectivity index (χ4v) is 4.55. The molecule has 9 heteroatoms. The maximum absolute atomic E-state index is 12.5.